The summed E-state index contributed by atoms with van der Waals surface area (Å²) in [5.74, 6) is 1.63. The van der Waals surface area contributed by atoms with Crippen molar-refractivity contribution in [1.82, 2.24) is 10.3 Å². The number of benzene rings is 1. The summed E-state index contributed by atoms with van der Waals surface area (Å²) < 4.78 is 8.03. The summed E-state index contributed by atoms with van der Waals surface area (Å²) in [6.07, 6.45) is 3.72. The summed E-state index contributed by atoms with van der Waals surface area (Å²) in [6, 6.07) is 6.18. The third kappa shape index (κ3) is 4.29. The van der Waals surface area contributed by atoms with Crippen LogP contribution in [0.3, 0.4) is 0 Å². The molecule has 1 aromatic heterocycles. The van der Waals surface area contributed by atoms with E-state index in [4.69, 9.17) is 4.42 Å². The van der Waals surface area contributed by atoms with E-state index in [0.29, 0.717) is 0 Å². The first-order valence-electron chi connectivity index (χ1n) is 6.31. The number of rotatable bonds is 6. The maximum absolute atomic E-state index is 5.81. The van der Waals surface area contributed by atoms with Gasteiger partial charge in [0.1, 0.15) is 0 Å². The Morgan fingerprint density at radius 3 is 3.05 bits per heavy atom. The summed E-state index contributed by atoms with van der Waals surface area (Å²) in [4.78, 5) is 4.34. The van der Waals surface area contributed by atoms with Gasteiger partial charge in [0.15, 0.2) is 11.7 Å². The second-order valence-electron chi connectivity index (χ2n) is 4.20. The van der Waals surface area contributed by atoms with E-state index < -0.39 is 0 Å². The quantitative estimate of drug-likeness (QED) is 0.545. The van der Waals surface area contributed by atoms with Crippen LogP contribution in [-0.2, 0) is 6.42 Å². The molecule has 0 spiro atoms. The Morgan fingerprint density at radius 1 is 1.42 bits per heavy atom. The monoisotopic (exact) mass is 434 g/mol. The van der Waals surface area contributed by atoms with Crippen molar-refractivity contribution in [3.8, 4) is 11.3 Å². The highest BCUT2D eigenvalue weighted by Crippen LogP contribution is 2.30. The number of nitrogens with zero attached hydrogens (tertiary/aromatic N) is 1. The van der Waals surface area contributed by atoms with Crippen LogP contribution >= 0.6 is 38.5 Å². The van der Waals surface area contributed by atoms with Gasteiger partial charge in [-0.2, -0.15) is 0 Å². The van der Waals surface area contributed by atoms with Crippen molar-refractivity contribution in [2.75, 3.05) is 13.1 Å². The molecule has 0 radical (unpaired) electrons. The van der Waals surface area contributed by atoms with E-state index in [2.05, 4.69) is 67.9 Å². The molecule has 0 aliphatic carbocycles. The largest absolute Gasteiger partial charge is 0.441 e. The average Bonchev–Trinajstić information content (AvgIpc) is 2.86. The summed E-state index contributed by atoms with van der Waals surface area (Å²) in [5.41, 5.74) is 1.05. The number of aryl methyl sites for hydroxylation is 1. The fourth-order valence-electron chi connectivity index (χ4n) is 1.78. The Kier molecular flexibility index (Phi) is 5.84. The van der Waals surface area contributed by atoms with Crippen molar-refractivity contribution in [3.05, 3.63) is 38.3 Å². The molecule has 19 heavy (non-hydrogen) atoms. The van der Waals surface area contributed by atoms with Crippen LogP contribution in [0.25, 0.3) is 11.3 Å². The highest BCUT2D eigenvalue weighted by Gasteiger charge is 2.10. The molecule has 1 N–H and O–H groups in total. The minimum atomic E-state index is 0.804. The molecule has 0 saturated heterocycles. The Hall–Kier alpha value is -0.400. The molecule has 5 heteroatoms. The van der Waals surface area contributed by atoms with Gasteiger partial charge in [0.05, 0.1) is 6.20 Å². The molecular formula is C14H16BrIN2O. The van der Waals surface area contributed by atoms with Crippen LogP contribution in [0.5, 0.6) is 0 Å². The second kappa shape index (κ2) is 7.40. The number of oxazole rings is 1. The molecule has 1 aromatic carbocycles. The van der Waals surface area contributed by atoms with Crippen molar-refractivity contribution < 1.29 is 4.42 Å². The molecule has 0 atom stereocenters. The zero-order valence-electron chi connectivity index (χ0n) is 10.7. The van der Waals surface area contributed by atoms with Crippen molar-refractivity contribution in [2.45, 2.75) is 19.8 Å². The van der Waals surface area contributed by atoms with Crippen LogP contribution in [-0.4, -0.2) is 18.1 Å². The number of aromatic nitrogens is 1. The van der Waals surface area contributed by atoms with E-state index in [1.54, 1.807) is 6.20 Å². The standard InChI is InChI=1S/C14H16BrIN2O/c1-2-17-7-3-4-14-18-9-13(19-14)11-8-10(16)5-6-12(11)15/h5-6,8-9,17H,2-4,7H2,1H3. The number of hydrogen-bond acceptors (Lipinski definition) is 3. The highest BCUT2D eigenvalue weighted by atomic mass is 127. The Labute approximate surface area is 135 Å². The first kappa shape index (κ1) is 15.0. The van der Waals surface area contributed by atoms with Crippen molar-refractivity contribution >= 4 is 38.5 Å². The van der Waals surface area contributed by atoms with E-state index in [0.717, 1.165) is 47.6 Å². The third-order valence-corrected chi connectivity index (χ3v) is 4.10. The van der Waals surface area contributed by atoms with Gasteiger partial charge in [0, 0.05) is 20.0 Å². The lowest BCUT2D eigenvalue weighted by Gasteiger charge is -2.01. The van der Waals surface area contributed by atoms with Gasteiger partial charge in [-0.05, 0) is 60.3 Å². The Balaban J connectivity index is 2.06. The number of halogens is 2. The molecule has 2 rings (SSSR count). The minimum Gasteiger partial charge on any atom is -0.441 e. The predicted octanol–water partition coefficient (Wildman–Crippen LogP) is 4.25. The summed E-state index contributed by atoms with van der Waals surface area (Å²) in [7, 11) is 0. The zero-order valence-corrected chi connectivity index (χ0v) is 14.5. The topological polar surface area (TPSA) is 38.1 Å². The molecule has 0 unspecified atom stereocenters. The Morgan fingerprint density at radius 2 is 2.26 bits per heavy atom. The lowest BCUT2D eigenvalue weighted by atomic mass is 10.2. The minimum absolute atomic E-state index is 0.804. The fraction of sp³-hybridized carbons (Fsp3) is 0.357. The van der Waals surface area contributed by atoms with Crippen LogP contribution in [0.1, 0.15) is 19.2 Å². The van der Waals surface area contributed by atoms with Gasteiger partial charge >= 0.3 is 0 Å². The van der Waals surface area contributed by atoms with Gasteiger partial charge in [-0.25, -0.2) is 4.98 Å². The lowest BCUT2D eigenvalue weighted by Crippen LogP contribution is -2.14. The first-order chi connectivity index (χ1) is 9.20. The molecule has 3 nitrogen and oxygen atoms in total. The van der Waals surface area contributed by atoms with Gasteiger partial charge in [-0.1, -0.05) is 22.9 Å². The molecule has 0 amide bonds. The summed E-state index contributed by atoms with van der Waals surface area (Å²) in [5, 5.41) is 3.30. The highest BCUT2D eigenvalue weighted by molar-refractivity contribution is 14.1. The maximum Gasteiger partial charge on any atom is 0.194 e. The normalized spacial score (nSPS) is 10.9. The smallest absolute Gasteiger partial charge is 0.194 e. The molecule has 102 valence electrons. The van der Waals surface area contributed by atoms with Gasteiger partial charge in [-0.3, -0.25) is 0 Å². The molecule has 2 aromatic rings. The zero-order chi connectivity index (χ0) is 13.7. The lowest BCUT2D eigenvalue weighted by molar-refractivity contribution is 0.493. The second-order valence-corrected chi connectivity index (χ2v) is 6.30. The molecule has 1 heterocycles. The van der Waals surface area contributed by atoms with Gasteiger partial charge < -0.3 is 9.73 Å². The van der Waals surface area contributed by atoms with Crippen LogP contribution < -0.4 is 5.32 Å². The van der Waals surface area contributed by atoms with E-state index >= 15 is 0 Å². The van der Waals surface area contributed by atoms with E-state index in [1.807, 2.05) is 6.07 Å². The average molecular weight is 435 g/mol. The van der Waals surface area contributed by atoms with E-state index in [-0.39, 0.29) is 0 Å². The van der Waals surface area contributed by atoms with Crippen LogP contribution in [0.2, 0.25) is 0 Å². The number of hydrogen-bond donors (Lipinski definition) is 1. The van der Waals surface area contributed by atoms with Crippen LogP contribution in [0, 0.1) is 3.57 Å². The predicted molar refractivity (Wildman–Crippen MR) is 89.2 cm³/mol. The molecular weight excluding hydrogens is 419 g/mol. The Bertz CT molecular complexity index is 542. The van der Waals surface area contributed by atoms with Crippen molar-refractivity contribution in [1.29, 1.82) is 0 Å². The molecule has 0 aliphatic rings. The van der Waals surface area contributed by atoms with Crippen molar-refractivity contribution in [2.24, 2.45) is 0 Å². The van der Waals surface area contributed by atoms with E-state index in [9.17, 15) is 0 Å². The molecule has 0 fully saturated rings. The molecule has 0 bridgehead atoms. The summed E-state index contributed by atoms with van der Waals surface area (Å²) >= 11 is 5.84. The van der Waals surface area contributed by atoms with Gasteiger partial charge in [0.2, 0.25) is 0 Å². The molecule has 0 saturated carbocycles. The van der Waals surface area contributed by atoms with E-state index in [1.165, 1.54) is 3.57 Å². The molecule has 0 aliphatic heterocycles. The SMILES string of the molecule is CCNCCCc1ncc(-c2cc(I)ccc2Br)o1. The van der Waals surface area contributed by atoms with Gasteiger partial charge in [0.25, 0.3) is 0 Å². The number of nitrogens with one attached hydrogen (secondary N) is 1. The first-order valence-corrected chi connectivity index (χ1v) is 8.18. The summed E-state index contributed by atoms with van der Waals surface area (Å²) in [6.45, 7) is 4.12. The van der Waals surface area contributed by atoms with Crippen LogP contribution in [0.15, 0.2) is 33.3 Å². The third-order valence-electron chi connectivity index (χ3n) is 2.74. The van der Waals surface area contributed by atoms with Gasteiger partial charge in [-0.15, -0.1) is 0 Å². The van der Waals surface area contributed by atoms with Crippen molar-refractivity contribution in [3.63, 3.8) is 0 Å². The van der Waals surface area contributed by atoms with Crippen LogP contribution in [0.4, 0.5) is 0 Å². The maximum atomic E-state index is 5.81. The fourth-order valence-corrected chi connectivity index (χ4v) is 2.71.